The predicted octanol–water partition coefficient (Wildman–Crippen LogP) is 18.1. The minimum absolute atomic E-state index is 0.902. The van der Waals surface area contributed by atoms with Crippen LogP contribution in [0.2, 0.25) is 0 Å². The fourth-order valence-electron chi connectivity index (χ4n) is 10.9. The zero-order valence-electron chi connectivity index (χ0n) is 36.4. The number of furan rings is 1. The summed E-state index contributed by atoms with van der Waals surface area (Å²) in [7, 11) is 0. The smallest absolute Gasteiger partial charge is 0.143 e. The summed E-state index contributed by atoms with van der Waals surface area (Å²) in [5, 5.41) is 14.7. The van der Waals surface area contributed by atoms with Crippen molar-refractivity contribution < 1.29 is 4.42 Å². The number of hydrogen-bond acceptors (Lipinski definition) is 2. The van der Waals surface area contributed by atoms with Gasteiger partial charge in [-0.15, -0.1) is 0 Å². The Morgan fingerprint density at radius 2 is 0.851 bits per heavy atom. The molecule has 0 atom stereocenters. The Balaban J connectivity index is 0.962. The maximum absolute atomic E-state index is 6.59. The highest BCUT2D eigenvalue weighted by Gasteiger charge is 2.20. The second-order valence-electron chi connectivity index (χ2n) is 17.6. The highest BCUT2D eigenvalue weighted by atomic mass is 16.3. The van der Waals surface area contributed by atoms with Gasteiger partial charge in [0.1, 0.15) is 11.2 Å². The Morgan fingerprint density at radius 1 is 0.313 bits per heavy atom. The molecule has 0 N–H and O–H groups in total. The third-order valence-electron chi connectivity index (χ3n) is 13.9. The lowest BCUT2D eigenvalue weighted by Gasteiger charge is -2.27. The average molecular weight is 853 g/mol. The van der Waals surface area contributed by atoms with Crippen molar-refractivity contribution in [2.24, 2.45) is 0 Å². The first-order valence-electron chi connectivity index (χ1n) is 23.0. The Kier molecular flexibility index (Phi) is 8.28. The molecule has 0 fully saturated rings. The van der Waals surface area contributed by atoms with E-state index in [0.717, 1.165) is 78.0 Å². The van der Waals surface area contributed by atoms with Gasteiger partial charge in [0, 0.05) is 49.6 Å². The van der Waals surface area contributed by atoms with Gasteiger partial charge in [0.25, 0.3) is 0 Å². The second kappa shape index (κ2) is 14.8. The van der Waals surface area contributed by atoms with Crippen molar-refractivity contribution in [1.82, 2.24) is 4.57 Å². The van der Waals surface area contributed by atoms with E-state index in [-0.39, 0.29) is 0 Å². The topological polar surface area (TPSA) is 21.3 Å². The summed E-state index contributed by atoms with van der Waals surface area (Å²) < 4.78 is 9.04. The highest BCUT2D eigenvalue weighted by molar-refractivity contribution is 6.26. The molecular formula is C64H40N2O. The molecule has 0 aliphatic carbocycles. The number of nitrogens with zero attached hydrogens (tertiary/aromatic N) is 2. The molecule has 2 heterocycles. The van der Waals surface area contributed by atoms with Crippen molar-refractivity contribution in [2.45, 2.75) is 0 Å². The van der Waals surface area contributed by atoms with Crippen LogP contribution in [0.1, 0.15) is 0 Å². The molecule has 0 unspecified atom stereocenters. The molecule has 14 rings (SSSR count). The monoisotopic (exact) mass is 852 g/mol. The van der Waals surface area contributed by atoms with E-state index in [4.69, 9.17) is 4.42 Å². The Labute approximate surface area is 386 Å². The van der Waals surface area contributed by atoms with Crippen molar-refractivity contribution >= 4 is 104 Å². The summed E-state index contributed by atoms with van der Waals surface area (Å²) in [6.07, 6.45) is 0. The van der Waals surface area contributed by atoms with E-state index in [1.807, 2.05) is 6.07 Å². The third-order valence-corrected chi connectivity index (χ3v) is 13.9. The zero-order valence-corrected chi connectivity index (χ0v) is 36.4. The van der Waals surface area contributed by atoms with Gasteiger partial charge in [0.2, 0.25) is 0 Å². The van der Waals surface area contributed by atoms with Crippen molar-refractivity contribution in [1.29, 1.82) is 0 Å². The molecule has 0 aliphatic heterocycles. The van der Waals surface area contributed by atoms with Crippen molar-refractivity contribution in [2.75, 3.05) is 4.90 Å². The van der Waals surface area contributed by atoms with E-state index >= 15 is 0 Å². The molecule has 2 aromatic heterocycles. The number of rotatable bonds is 6. The normalized spacial score (nSPS) is 11.9. The molecule has 12 aromatic carbocycles. The molecule has 0 saturated carbocycles. The first kappa shape index (κ1) is 37.5. The summed E-state index contributed by atoms with van der Waals surface area (Å²) in [5.74, 6) is 0. The van der Waals surface area contributed by atoms with Crippen LogP contribution in [0.3, 0.4) is 0 Å². The third kappa shape index (κ3) is 5.85. The number of fused-ring (bicyclic) bond motifs is 13. The van der Waals surface area contributed by atoms with Crippen LogP contribution in [0.15, 0.2) is 247 Å². The van der Waals surface area contributed by atoms with E-state index in [2.05, 4.69) is 246 Å². The van der Waals surface area contributed by atoms with Gasteiger partial charge in [-0.25, -0.2) is 0 Å². The molecule has 67 heavy (non-hydrogen) atoms. The minimum atomic E-state index is 0.902. The van der Waals surface area contributed by atoms with E-state index in [0.29, 0.717) is 0 Å². The Morgan fingerprint density at radius 3 is 1.60 bits per heavy atom. The van der Waals surface area contributed by atoms with E-state index < -0.39 is 0 Å². The SMILES string of the molecule is c1ccc(N(c2ccc(-c3ccc4c(c3)c3cc(-c5cccc6c5oc5ccccc56)ccc3n4-c3ccc4c5ccccc5c5ccccc5c4c3)cc2)c2cccc3ccccc23)cc1. The average Bonchev–Trinajstić information content (AvgIpc) is 3.95. The van der Waals surface area contributed by atoms with Crippen LogP contribution in [0.25, 0.3) is 115 Å². The molecule has 0 spiro atoms. The van der Waals surface area contributed by atoms with Gasteiger partial charge in [-0.05, 0) is 127 Å². The van der Waals surface area contributed by atoms with E-state index in [1.165, 1.54) is 53.9 Å². The summed E-state index contributed by atoms with van der Waals surface area (Å²) in [6, 6.07) is 88.3. The maximum Gasteiger partial charge on any atom is 0.143 e. The van der Waals surface area contributed by atoms with Gasteiger partial charge in [-0.2, -0.15) is 0 Å². The van der Waals surface area contributed by atoms with Crippen LogP contribution >= 0.6 is 0 Å². The fourth-order valence-corrected chi connectivity index (χ4v) is 10.9. The number of para-hydroxylation sites is 3. The maximum atomic E-state index is 6.59. The molecule has 3 heteroatoms. The van der Waals surface area contributed by atoms with Crippen molar-refractivity contribution in [3.63, 3.8) is 0 Å². The number of benzene rings is 12. The second-order valence-corrected chi connectivity index (χ2v) is 17.6. The van der Waals surface area contributed by atoms with Gasteiger partial charge < -0.3 is 13.9 Å². The zero-order chi connectivity index (χ0) is 44.0. The lowest BCUT2D eigenvalue weighted by atomic mass is 9.94. The summed E-state index contributed by atoms with van der Waals surface area (Å²) in [4.78, 5) is 2.36. The molecule has 0 bridgehead atoms. The van der Waals surface area contributed by atoms with Crippen LogP contribution < -0.4 is 4.90 Å². The Hall–Kier alpha value is -8.92. The first-order valence-corrected chi connectivity index (χ1v) is 23.0. The van der Waals surface area contributed by atoms with Gasteiger partial charge in [0.05, 0.1) is 16.7 Å². The molecule has 312 valence electrons. The lowest BCUT2D eigenvalue weighted by molar-refractivity contribution is 0.670. The predicted molar refractivity (Wildman–Crippen MR) is 284 cm³/mol. The molecule has 0 aliphatic rings. The Bertz CT molecular complexity index is 4230. The lowest BCUT2D eigenvalue weighted by Crippen LogP contribution is -2.10. The summed E-state index contributed by atoms with van der Waals surface area (Å²) in [6.45, 7) is 0. The van der Waals surface area contributed by atoms with Crippen LogP contribution in [0.5, 0.6) is 0 Å². The number of aromatic nitrogens is 1. The van der Waals surface area contributed by atoms with Gasteiger partial charge in [-0.3, -0.25) is 0 Å². The summed E-state index contributed by atoms with van der Waals surface area (Å²) >= 11 is 0. The number of hydrogen-bond donors (Lipinski definition) is 0. The first-order chi connectivity index (χ1) is 33.2. The molecule has 3 nitrogen and oxygen atoms in total. The van der Waals surface area contributed by atoms with Crippen LogP contribution in [0.4, 0.5) is 17.1 Å². The van der Waals surface area contributed by atoms with Crippen molar-refractivity contribution in [3.05, 3.63) is 243 Å². The van der Waals surface area contributed by atoms with Crippen LogP contribution in [0, 0.1) is 0 Å². The van der Waals surface area contributed by atoms with Gasteiger partial charge in [-0.1, -0.05) is 170 Å². The summed E-state index contributed by atoms with van der Waals surface area (Å²) in [5.41, 5.74) is 13.1. The minimum Gasteiger partial charge on any atom is -0.455 e. The standard InChI is InChI=1S/C64H40N2O/c1-2-16-45(17-3-1)65(60-26-12-15-42-14-4-5-18-48(42)60)46-32-28-41(29-33-46)43-30-36-61-58(38-43)59-39-44(49-24-13-25-56-55-23-10-11-27-63(55)67-64(49)56)31-37-62(59)66(61)47-34-35-54-52-21-7-6-19-50(52)51-20-8-9-22-53(51)57(54)40-47/h1-40H. The highest BCUT2D eigenvalue weighted by Crippen LogP contribution is 2.44. The largest absolute Gasteiger partial charge is 0.455 e. The van der Waals surface area contributed by atoms with Crippen molar-refractivity contribution in [3.8, 4) is 27.9 Å². The molecular weight excluding hydrogens is 813 g/mol. The number of anilines is 3. The molecule has 0 radical (unpaired) electrons. The van der Waals surface area contributed by atoms with Crippen LogP contribution in [-0.2, 0) is 0 Å². The van der Waals surface area contributed by atoms with E-state index in [9.17, 15) is 0 Å². The quantitative estimate of drug-likeness (QED) is 0.155. The van der Waals surface area contributed by atoms with Gasteiger partial charge in [0.15, 0.2) is 0 Å². The molecule has 0 amide bonds. The fraction of sp³-hybridized carbons (Fsp3) is 0. The van der Waals surface area contributed by atoms with E-state index in [1.54, 1.807) is 0 Å². The molecule has 0 saturated heterocycles. The van der Waals surface area contributed by atoms with Crippen LogP contribution in [-0.4, -0.2) is 4.57 Å². The molecule has 14 aromatic rings. The van der Waals surface area contributed by atoms with Gasteiger partial charge >= 0.3 is 0 Å².